The minimum absolute atomic E-state index is 0.0432. The zero-order chi connectivity index (χ0) is 21.2. The third-order valence-electron chi connectivity index (χ3n) is 9.36. The van der Waals surface area contributed by atoms with Crippen molar-refractivity contribution in [1.82, 2.24) is 0 Å². The highest BCUT2D eigenvalue weighted by Gasteiger charge is 2.68. The highest BCUT2D eigenvalue weighted by Crippen LogP contribution is 2.69. The standard InChI is InChI=1S/C24H33ClO4/c1-14-11-17-18(22(3)8-5-16(27)12-20(14)22)6-9-23(4)19(17)7-10-24(23,15(2)26)29-21(28)13-25/h12,14,17-19H,5-11,13H2,1-4H3/t14-,17+,18-,19-,22+,23-,24-/m0/s1. The Morgan fingerprint density at radius 2 is 1.86 bits per heavy atom. The van der Waals surface area contributed by atoms with E-state index in [0.717, 1.165) is 32.1 Å². The molecule has 4 aliphatic rings. The first-order valence-electron chi connectivity index (χ1n) is 11.1. The summed E-state index contributed by atoms with van der Waals surface area (Å²) in [6, 6.07) is 0. The monoisotopic (exact) mass is 420 g/mol. The van der Waals surface area contributed by atoms with Gasteiger partial charge in [-0.15, -0.1) is 11.6 Å². The van der Waals surface area contributed by atoms with Crippen LogP contribution in [0, 0.1) is 34.5 Å². The lowest BCUT2D eigenvalue weighted by atomic mass is 9.44. The van der Waals surface area contributed by atoms with Gasteiger partial charge in [-0.2, -0.15) is 0 Å². The molecule has 3 saturated carbocycles. The number of fused-ring (bicyclic) bond motifs is 5. The van der Waals surface area contributed by atoms with Crippen LogP contribution in [0.5, 0.6) is 0 Å². The lowest BCUT2D eigenvalue weighted by Gasteiger charge is -2.60. The van der Waals surface area contributed by atoms with E-state index in [-0.39, 0.29) is 28.3 Å². The van der Waals surface area contributed by atoms with E-state index in [4.69, 9.17) is 16.3 Å². The molecule has 0 spiro atoms. The number of rotatable bonds is 3. The molecule has 3 fully saturated rings. The molecule has 0 saturated heterocycles. The predicted octanol–water partition coefficient (Wildman–Crippen LogP) is 4.87. The topological polar surface area (TPSA) is 60.4 Å². The maximum atomic E-state index is 12.9. The molecule has 0 amide bonds. The SMILES string of the molecule is CC(=O)[C@@]1(OC(=O)CCl)CC[C@H]2[C@@H]3C[C@H](C)C4=CC(=O)CC[C@]4(C)[C@H]3CC[C@@]21C. The summed E-state index contributed by atoms with van der Waals surface area (Å²) >= 11 is 5.73. The quantitative estimate of drug-likeness (QED) is 0.482. The van der Waals surface area contributed by atoms with Gasteiger partial charge in [0.25, 0.3) is 0 Å². The molecule has 0 aromatic heterocycles. The van der Waals surface area contributed by atoms with Gasteiger partial charge in [0.1, 0.15) is 5.88 Å². The molecule has 0 N–H and O–H groups in total. The minimum Gasteiger partial charge on any atom is -0.450 e. The first-order valence-corrected chi connectivity index (χ1v) is 11.7. The molecule has 4 aliphatic carbocycles. The van der Waals surface area contributed by atoms with E-state index in [1.54, 1.807) is 6.92 Å². The average molecular weight is 421 g/mol. The molecule has 160 valence electrons. The van der Waals surface area contributed by atoms with Crippen LogP contribution in [-0.2, 0) is 19.1 Å². The average Bonchev–Trinajstić information content (AvgIpc) is 2.97. The summed E-state index contributed by atoms with van der Waals surface area (Å²) in [6.07, 6.45) is 7.97. The summed E-state index contributed by atoms with van der Waals surface area (Å²) in [6.45, 7) is 8.36. The third kappa shape index (κ3) is 2.80. The van der Waals surface area contributed by atoms with Gasteiger partial charge in [-0.25, -0.2) is 0 Å². The summed E-state index contributed by atoms with van der Waals surface area (Å²) in [7, 11) is 0. The van der Waals surface area contributed by atoms with Crippen LogP contribution in [-0.4, -0.2) is 29.0 Å². The Kier molecular flexibility index (Phi) is 5.04. The molecule has 4 nitrogen and oxygen atoms in total. The van der Waals surface area contributed by atoms with Crippen molar-refractivity contribution in [3.8, 4) is 0 Å². The van der Waals surface area contributed by atoms with Crippen LogP contribution in [0.15, 0.2) is 11.6 Å². The Labute approximate surface area is 178 Å². The summed E-state index contributed by atoms with van der Waals surface area (Å²) in [5, 5.41) is 0. The largest absolute Gasteiger partial charge is 0.450 e. The van der Waals surface area contributed by atoms with E-state index in [0.29, 0.717) is 36.5 Å². The van der Waals surface area contributed by atoms with Crippen molar-refractivity contribution in [3.63, 3.8) is 0 Å². The molecule has 5 heteroatoms. The van der Waals surface area contributed by atoms with Gasteiger partial charge in [0.05, 0.1) is 0 Å². The fourth-order valence-corrected chi connectivity index (χ4v) is 8.08. The summed E-state index contributed by atoms with van der Waals surface area (Å²) in [4.78, 5) is 37.1. The van der Waals surface area contributed by atoms with E-state index in [2.05, 4.69) is 20.8 Å². The van der Waals surface area contributed by atoms with E-state index in [9.17, 15) is 14.4 Å². The van der Waals surface area contributed by atoms with Gasteiger partial charge >= 0.3 is 5.97 Å². The Bertz CT molecular complexity index is 788. The zero-order valence-corrected chi connectivity index (χ0v) is 18.8. The predicted molar refractivity (Wildman–Crippen MR) is 111 cm³/mol. The number of halogens is 1. The van der Waals surface area contributed by atoms with Crippen molar-refractivity contribution >= 4 is 29.1 Å². The van der Waals surface area contributed by atoms with Crippen LogP contribution < -0.4 is 0 Å². The summed E-state index contributed by atoms with van der Waals surface area (Å²) in [5.41, 5.74) is 0.0373. The number of ketones is 2. The Morgan fingerprint density at radius 3 is 2.52 bits per heavy atom. The van der Waals surface area contributed by atoms with E-state index in [1.165, 1.54) is 5.57 Å². The number of carbonyl (C=O) groups excluding carboxylic acids is 3. The second kappa shape index (κ2) is 6.93. The smallest absolute Gasteiger partial charge is 0.321 e. The first kappa shape index (κ1) is 21.1. The van der Waals surface area contributed by atoms with Crippen molar-refractivity contribution in [2.75, 3.05) is 5.88 Å². The Morgan fingerprint density at radius 1 is 1.17 bits per heavy atom. The Balaban J connectivity index is 1.72. The highest BCUT2D eigenvalue weighted by atomic mass is 35.5. The van der Waals surface area contributed by atoms with Crippen molar-refractivity contribution < 1.29 is 19.1 Å². The van der Waals surface area contributed by atoms with Crippen molar-refractivity contribution in [3.05, 3.63) is 11.6 Å². The molecular formula is C24H33ClO4. The van der Waals surface area contributed by atoms with Gasteiger partial charge in [0, 0.05) is 11.8 Å². The maximum absolute atomic E-state index is 12.9. The number of carbonyl (C=O) groups is 3. The number of hydrogen-bond acceptors (Lipinski definition) is 4. The molecule has 0 aliphatic heterocycles. The normalized spacial score (nSPS) is 46.2. The van der Waals surface area contributed by atoms with Gasteiger partial charge in [-0.05, 0) is 80.6 Å². The molecule has 4 rings (SSSR count). The van der Waals surface area contributed by atoms with Crippen LogP contribution in [0.2, 0.25) is 0 Å². The van der Waals surface area contributed by atoms with Gasteiger partial charge in [-0.3, -0.25) is 14.4 Å². The molecule has 0 aromatic carbocycles. The number of allylic oxidation sites excluding steroid dienone is 1. The highest BCUT2D eigenvalue weighted by molar-refractivity contribution is 6.26. The second-order valence-electron chi connectivity index (χ2n) is 10.5. The summed E-state index contributed by atoms with van der Waals surface area (Å²) in [5.74, 6) is 1.27. The molecular weight excluding hydrogens is 388 g/mol. The third-order valence-corrected chi connectivity index (χ3v) is 9.58. The fraction of sp³-hybridized carbons (Fsp3) is 0.792. The maximum Gasteiger partial charge on any atom is 0.321 e. The molecule has 0 bridgehead atoms. The molecule has 0 heterocycles. The lowest BCUT2D eigenvalue weighted by molar-refractivity contribution is -0.187. The lowest BCUT2D eigenvalue weighted by Crippen LogP contribution is -2.59. The molecule has 0 unspecified atom stereocenters. The van der Waals surface area contributed by atoms with Gasteiger partial charge in [0.15, 0.2) is 17.2 Å². The molecule has 29 heavy (non-hydrogen) atoms. The second-order valence-corrected chi connectivity index (χ2v) is 10.8. The fourth-order valence-electron chi connectivity index (χ4n) is 8.02. The van der Waals surface area contributed by atoms with Crippen molar-refractivity contribution in [2.45, 2.75) is 78.2 Å². The van der Waals surface area contributed by atoms with Crippen LogP contribution >= 0.6 is 11.6 Å². The summed E-state index contributed by atoms with van der Waals surface area (Å²) < 4.78 is 5.86. The number of Topliss-reactive ketones (excluding diaryl/α,β-unsaturated/α-hetero) is 1. The zero-order valence-electron chi connectivity index (χ0n) is 18.1. The number of hydrogen-bond donors (Lipinski definition) is 0. The number of ether oxygens (including phenoxy) is 1. The number of esters is 1. The van der Waals surface area contributed by atoms with Gasteiger partial charge in [0.2, 0.25) is 0 Å². The Hall–Kier alpha value is -1.16. The van der Waals surface area contributed by atoms with E-state index < -0.39 is 11.6 Å². The van der Waals surface area contributed by atoms with Gasteiger partial charge in [-0.1, -0.05) is 26.3 Å². The molecule has 0 radical (unpaired) electrons. The van der Waals surface area contributed by atoms with Gasteiger partial charge < -0.3 is 4.74 Å². The van der Waals surface area contributed by atoms with Crippen molar-refractivity contribution in [1.29, 1.82) is 0 Å². The van der Waals surface area contributed by atoms with Crippen molar-refractivity contribution in [2.24, 2.45) is 34.5 Å². The van der Waals surface area contributed by atoms with Crippen LogP contribution in [0.25, 0.3) is 0 Å². The first-order chi connectivity index (χ1) is 13.6. The van der Waals surface area contributed by atoms with E-state index in [1.807, 2.05) is 6.08 Å². The molecule has 0 aromatic rings. The van der Waals surface area contributed by atoms with Crippen LogP contribution in [0.1, 0.15) is 72.6 Å². The van der Waals surface area contributed by atoms with E-state index >= 15 is 0 Å². The molecule has 7 atom stereocenters. The number of alkyl halides is 1. The minimum atomic E-state index is -1.04. The van der Waals surface area contributed by atoms with Crippen LogP contribution in [0.3, 0.4) is 0 Å². The van der Waals surface area contributed by atoms with Crippen LogP contribution in [0.4, 0.5) is 0 Å².